The number of nitrogens with zero attached hydrogens (tertiary/aromatic N) is 1. The summed E-state index contributed by atoms with van der Waals surface area (Å²) in [6.45, 7) is 3.26. The maximum Gasteiger partial charge on any atom is 0.328 e. The van der Waals surface area contributed by atoms with Crippen molar-refractivity contribution in [1.82, 2.24) is 0 Å². The zero-order chi connectivity index (χ0) is 15.7. The molecule has 0 aromatic heterocycles. The number of carboxylic acids is 1. The number of carboxylic acid groups (broad SMARTS) is 1. The van der Waals surface area contributed by atoms with Gasteiger partial charge in [-0.1, -0.05) is 19.9 Å². The van der Waals surface area contributed by atoms with E-state index in [1.54, 1.807) is 13.8 Å². The third-order valence-corrected chi connectivity index (χ3v) is 3.60. The van der Waals surface area contributed by atoms with Crippen LogP contribution in [0.25, 0.3) is 6.08 Å². The molecule has 110 valence electrons. The van der Waals surface area contributed by atoms with E-state index >= 15 is 0 Å². The van der Waals surface area contributed by atoms with E-state index in [0.717, 1.165) is 17.0 Å². The lowest BCUT2D eigenvalue weighted by atomic mass is 10.00. The lowest BCUT2D eigenvalue weighted by molar-refractivity contribution is -0.131. The molecule has 0 bridgehead atoms. The molecule has 1 aliphatic rings. The van der Waals surface area contributed by atoms with Gasteiger partial charge in [0.1, 0.15) is 5.82 Å². The topological polar surface area (TPSA) is 74.7 Å². The van der Waals surface area contributed by atoms with Crippen molar-refractivity contribution in [3.05, 3.63) is 35.7 Å². The number of hydrogen-bond acceptors (Lipinski definition) is 3. The predicted molar refractivity (Wildman–Crippen MR) is 73.9 cm³/mol. The molecule has 0 spiro atoms. The Labute approximate surface area is 120 Å². The third-order valence-electron chi connectivity index (χ3n) is 3.60. The number of anilines is 1. The summed E-state index contributed by atoms with van der Waals surface area (Å²) >= 11 is 0. The molecular weight excluding hydrogens is 277 g/mol. The van der Waals surface area contributed by atoms with E-state index in [0.29, 0.717) is 5.56 Å². The van der Waals surface area contributed by atoms with Gasteiger partial charge < -0.3 is 5.11 Å². The lowest BCUT2D eigenvalue weighted by Crippen LogP contribution is -2.31. The Morgan fingerprint density at radius 1 is 1.24 bits per heavy atom. The summed E-state index contributed by atoms with van der Waals surface area (Å²) in [4.78, 5) is 35.3. The van der Waals surface area contributed by atoms with Crippen LogP contribution in [0.5, 0.6) is 0 Å². The van der Waals surface area contributed by atoms with Crippen LogP contribution in [0.1, 0.15) is 19.4 Å². The van der Waals surface area contributed by atoms with Crippen molar-refractivity contribution in [2.75, 3.05) is 4.90 Å². The molecule has 1 saturated heterocycles. The first-order chi connectivity index (χ1) is 9.82. The summed E-state index contributed by atoms with van der Waals surface area (Å²) in [7, 11) is 0. The number of aliphatic carboxylic acids is 1. The van der Waals surface area contributed by atoms with Crippen LogP contribution in [0.3, 0.4) is 0 Å². The molecule has 5 nitrogen and oxygen atoms in total. The van der Waals surface area contributed by atoms with E-state index in [9.17, 15) is 18.8 Å². The van der Waals surface area contributed by atoms with Gasteiger partial charge in [-0.3, -0.25) is 9.59 Å². The van der Waals surface area contributed by atoms with Crippen LogP contribution in [0.4, 0.5) is 10.1 Å². The molecule has 2 rings (SSSR count). The van der Waals surface area contributed by atoms with Crippen molar-refractivity contribution in [3.8, 4) is 0 Å². The molecule has 1 fully saturated rings. The van der Waals surface area contributed by atoms with Gasteiger partial charge in [0.15, 0.2) is 0 Å². The smallest absolute Gasteiger partial charge is 0.328 e. The fourth-order valence-corrected chi connectivity index (χ4v) is 2.16. The summed E-state index contributed by atoms with van der Waals surface area (Å²) in [5, 5.41) is 8.52. The molecule has 1 aromatic rings. The van der Waals surface area contributed by atoms with Crippen LogP contribution in [-0.4, -0.2) is 22.9 Å². The average molecular weight is 291 g/mol. The van der Waals surface area contributed by atoms with Crippen molar-refractivity contribution < 1.29 is 23.9 Å². The summed E-state index contributed by atoms with van der Waals surface area (Å²) in [5.41, 5.74) is 0.229. The van der Waals surface area contributed by atoms with E-state index in [2.05, 4.69) is 0 Å². The van der Waals surface area contributed by atoms with Gasteiger partial charge in [-0.15, -0.1) is 0 Å². The Morgan fingerprint density at radius 3 is 2.29 bits per heavy atom. The number of amides is 2. The second kappa shape index (κ2) is 5.47. The number of imide groups is 1. The fraction of sp³-hybridized carbons (Fsp3) is 0.267. The first kappa shape index (κ1) is 14.9. The van der Waals surface area contributed by atoms with Crippen LogP contribution in [-0.2, 0) is 14.4 Å². The molecule has 1 aliphatic heterocycles. The number of hydrogen-bond donors (Lipinski definition) is 1. The first-order valence-corrected chi connectivity index (χ1v) is 6.41. The van der Waals surface area contributed by atoms with Gasteiger partial charge in [-0.25, -0.2) is 14.1 Å². The van der Waals surface area contributed by atoms with E-state index in [4.69, 9.17) is 5.11 Å². The van der Waals surface area contributed by atoms with Gasteiger partial charge in [-0.2, -0.15) is 0 Å². The highest BCUT2D eigenvalue weighted by Crippen LogP contribution is 2.32. The van der Waals surface area contributed by atoms with Crippen LogP contribution in [0.15, 0.2) is 24.3 Å². The summed E-state index contributed by atoms with van der Waals surface area (Å²) in [6, 6.07) is 3.84. The molecule has 0 saturated carbocycles. The monoisotopic (exact) mass is 291 g/mol. The molecule has 2 amide bonds. The van der Waals surface area contributed by atoms with Crippen molar-refractivity contribution >= 4 is 29.5 Å². The highest BCUT2D eigenvalue weighted by Gasteiger charge is 2.43. The third kappa shape index (κ3) is 2.69. The Balaban J connectivity index is 2.36. The van der Waals surface area contributed by atoms with Crippen LogP contribution >= 0.6 is 0 Å². The summed E-state index contributed by atoms with van der Waals surface area (Å²) in [5.74, 6) is -3.72. The second-order valence-electron chi connectivity index (χ2n) is 4.97. The van der Waals surface area contributed by atoms with Crippen molar-refractivity contribution in [1.29, 1.82) is 0 Å². The van der Waals surface area contributed by atoms with Crippen molar-refractivity contribution in [2.45, 2.75) is 13.8 Å². The predicted octanol–water partition coefficient (Wildman–Crippen LogP) is 2.07. The Bertz CT molecular complexity index is 633. The van der Waals surface area contributed by atoms with Gasteiger partial charge in [0.25, 0.3) is 0 Å². The number of rotatable bonds is 3. The van der Waals surface area contributed by atoms with E-state index in [-0.39, 0.29) is 5.69 Å². The summed E-state index contributed by atoms with van der Waals surface area (Å²) < 4.78 is 14.1. The van der Waals surface area contributed by atoms with Gasteiger partial charge in [0.2, 0.25) is 11.8 Å². The molecule has 6 heteroatoms. The highest BCUT2D eigenvalue weighted by molar-refractivity contribution is 6.21. The molecule has 2 unspecified atom stereocenters. The Kier molecular flexibility index (Phi) is 3.88. The minimum absolute atomic E-state index is 0.103. The molecule has 0 radical (unpaired) electrons. The molecule has 1 aromatic carbocycles. The average Bonchev–Trinajstić information content (AvgIpc) is 2.62. The summed E-state index contributed by atoms with van der Waals surface area (Å²) in [6.07, 6.45) is 2.11. The van der Waals surface area contributed by atoms with Crippen LogP contribution in [0, 0.1) is 17.7 Å². The van der Waals surface area contributed by atoms with Gasteiger partial charge in [-0.05, 0) is 23.8 Å². The van der Waals surface area contributed by atoms with Crippen molar-refractivity contribution in [2.24, 2.45) is 11.8 Å². The van der Waals surface area contributed by atoms with E-state index < -0.39 is 35.4 Å². The quantitative estimate of drug-likeness (QED) is 0.683. The molecule has 1 heterocycles. The molecule has 2 atom stereocenters. The number of carbonyl (C=O) groups excluding carboxylic acids is 2. The molecule has 0 aliphatic carbocycles. The first-order valence-electron chi connectivity index (χ1n) is 6.41. The van der Waals surface area contributed by atoms with Crippen molar-refractivity contribution in [3.63, 3.8) is 0 Å². The van der Waals surface area contributed by atoms with Crippen LogP contribution < -0.4 is 4.90 Å². The van der Waals surface area contributed by atoms with Gasteiger partial charge in [0, 0.05) is 17.9 Å². The lowest BCUT2D eigenvalue weighted by Gasteiger charge is -2.15. The van der Waals surface area contributed by atoms with Gasteiger partial charge >= 0.3 is 5.97 Å². The number of halogens is 1. The Morgan fingerprint density at radius 2 is 1.81 bits per heavy atom. The maximum atomic E-state index is 14.1. The molecule has 1 N–H and O–H groups in total. The van der Waals surface area contributed by atoms with E-state index in [1.807, 2.05) is 0 Å². The minimum atomic E-state index is -1.15. The number of benzene rings is 1. The van der Waals surface area contributed by atoms with Crippen LogP contribution in [0.2, 0.25) is 0 Å². The molecular formula is C15H14FNO4. The maximum absolute atomic E-state index is 14.1. The zero-order valence-corrected chi connectivity index (χ0v) is 11.5. The highest BCUT2D eigenvalue weighted by atomic mass is 19.1. The minimum Gasteiger partial charge on any atom is -0.478 e. The zero-order valence-electron chi connectivity index (χ0n) is 11.5. The standard InChI is InChI=1S/C15H14FNO4/c1-8-9(2)15(21)17(14(8)20)12-5-3-10(7-11(12)16)4-6-13(18)19/h3-9H,1-2H3,(H,18,19)/b6-4+. The Hall–Kier alpha value is -2.50. The fourth-order valence-electron chi connectivity index (χ4n) is 2.16. The van der Waals surface area contributed by atoms with E-state index in [1.165, 1.54) is 18.2 Å². The van der Waals surface area contributed by atoms with Gasteiger partial charge in [0.05, 0.1) is 5.69 Å². The normalized spacial score (nSPS) is 22.3. The number of carbonyl (C=O) groups is 3. The molecule has 21 heavy (non-hydrogen) atoms. The SMILES string of the molecule is CC1C(=O)N(c2ccc(/C=C/C(=O)O)cc2F)C(=O)C1C. The largest absolute Gasteiger partial charge is 0.478 e. The second-order valence-corrected chi connectivity index (χ2v) is 4.97.